The molecular formula is C19H21N3OS2. The van der Waals surface area contributed by atoms with Crippen LogP contribution in [0.25, 0.3) is 10.2 Å². The highest BCUT2D eigenvalue weighted by Gasteiger charge is 2.16. The van der Waals surface area contributed by atoms with Crippen LogP contribution in [0.4, 0.5) is 5.69 Å². The number of anilines is 1. The number of amides is 1. The Hall–Kier alpha value is -1.92. The van der Waals surface area contributed by atoms with E-state index in [-0.39, 0.29) is 5.91 Å². The maximum absolute atomic E-state index is 12.7. The van der Waals surface area contributed by atoms with Crippen molar-refractivity contribution in [2.24, 2.45) is 0 Å². The van der Waals surface area contributed by atoms with E-state index in [4.69, 9.17) is 0 Å². The van der Waals surface area contributed by atoms with E-state index in [9.17, 15) is 4.79 Å². The molecule has 1 aromatic carbocycles. The molecule has 1 amide bonds. The second-order valence-corrected chi connectivity index (χ2v) is 7.70. The van der Waals surface area contributed by atoms with Crippen molar-refractivity contribution >= 4 is 44.9 Å². The third-order valence-electron chi connectivity index (χ3n) is 3.89. The maximum atomic E-state index is 12.7. The highest BCUT2D eigenvalue weighted by atomic mass is 32.2. The van der Waals surface area contributed by atoms with Gasteiger partial charge in [0.2, 0.25) is 5.91 Å². The van der Waals surface area contributed by atoms with E-state index in [2.05, 4.69) is 23.0 Å². The molecule has 0 saturated heterocycles. The summed E-state index contributed by atoms with van der Waals surface area (Å²) in [5.74, 6) is 1.21. The van der Waals surface area contributed by atoms with Crippen molar-refractivity contribution in [1.82, 2.24) is 9.97 Å². The number of rotatable bonds is 6. The number of benzene rings is 1. The first-order valence-corrected chi connectivity index (χ1v) is 10.2. The Morgan fingerprint density at radius 3 is 2.64 bits per heavy atom. The molecule has 0 fully saturated rings. The van der Waals surface area contributed by atoms with Gasteiger partial charge >= 0.3 is 0 Å². The summed E-state index contributed by atoms with van der Waals surface area (Å²) < 4.78 is 0. The van der Waals surface area contributed by atoms with Gasteiger partial charge in [-0.1, -0.05) is 36.9 Å². The predicted molar refractivity (Wildman–Crippen MR) is 107 cm³/mol. The summed E-state index contributed by atoms with van der Waals surface area (Å²) in [4.78, 5) is 25.9. The summed E-state index contributed by atoms with van der Waals surface area (Å²) in [7, 11) is 0. The number of hydrogen-bond donors (Lipinski definition) is 0. The Morgan fingerprint density at radius 1 is 1.20 bits per heavy atom. The van der Waals surface area contributed by atoms with Crippen molar-refractivity contribution in [2.75, 3.05) is 17.2 Å². The lowest BCUT2D eigenvalue weighted by molar-refractivity contribution is -0.116. The van der Waals surface area contributed by atoms with Crippen LogP contribution >= 0.6 is 23.1 Å². The van der Waals surface area contributed by atoms with Gasteiger partial charge in [-0.15, -0.1) is 11.3 Å². The fourth-order valence-electron chi connectivity index (χ4n) is 2.65. The van der Waals surface area contributed by atoms with Crippen LogP contribution in [0.2, 0.25) is 0 Å². The van der Waals surface area contributed by atoms with Gasteiger partial charge < -0.3 is 4.90 Å². The minimum Gasteiger partial charge on any atom is -0.312 e. The highest BCUT2D eigenvalue weighted by Crippen LogP contribution is 2.32. The molecule has 6 heteroatoms. The Morgan fingerprint density at radius 2 is 1.96 bits per heavy atom. The average Bonchev–Trinajstić information content (AvgIpc) is 3.04. The normalized spacial score (nSPS) is 11.0. The van der Waals surface area contributed by atoms with Gasteiger partial charge in [0.25, 0.3) is 0 Å². The van der Waals surface area contributed by atoms with E-state index < -0.39 is 0 Å². The van der Waals surface area contributed by atoms with E-state index in [1.807, 2.05) is 49.1 Å². The molecule has 0 aliphatic rings. The molecule has 0 radical (unpaired) electrons. The summed E-state index contributed by atoms with van der Waals surface area (Å²) in [6.07, 6.45) is 0.987. The molecule has 0 saturated carbocycles. The van der Waals surface area contributed by atoms with Crippen molar-refractivity contribution in [3.63, 3.8) is 0 Å². The first-order chi connectivity index (χ1) is 12.1. The molecule has 0 aliphatic heterocycles. The smallest absolute Gasteiger partial charge is 0.237 e. The summed E-state index contributed by atoms with van der Waals surface area (Å²) in [6, 6.07) is 11.9. The van der Waals surface area contributed by atoms with Gasteiger partial charge in [0.1, 0.15) is 15.7 Å². The van der Waals surface area contributed by atoms with Crippen LogP contribution in [0.1, 0.15) is 24.5 Å². The maximum Gasteiger partial charge on any atom is 0.237 e. The minimum atomic E-state index is 0.0917. The number of thioether (sulfide) groups is 1. The number of nitrogens with zero attached hydrogens (tertiary/aromatic N) is 3. The standard InChI is InChI=1S/C19H21N3OS2/c1-4-15-11-16-18(20-13(3)21-19(16)25-15)24-12-17(23)22(5-2)14-9-7-6-8-10-14/h6-11H,4-5,12H2,1-3H3. The molecule has 3 rings (SSSR count). The Balaban J connectivity index is 1.80. The van der Waals surface area contributed by atoms with E-state index in [0.717, 1.165) is 33.2 Å². The van der Waals surface area contributed by atoms with Crippen LogP contribution in [-0.2, 0) is 11.2 Å². The summed E-state index contributed by atoms with van der Waals surface area (Å²) in [6.45, 7) is 6.69. The molecule has 4 nitrogen and oxygen atoms in total. The van der Waals surface area contributed by atoms with Gasteiger partial charge in [0.05, 0.1) is 5.75 Å². The quantitative estimate of drug-likeness (QED) is 0.465. The molecule has 2 heterocycles. The summed E-state index contributed by atoms with van der Waals surface area (Å²) in [5, 5.41) is 1.96. The molecule has 0 N–H and O–H groups in total. The number of carbonyl (C=O) groups is 1. The van der Waals surface area contributed by atoms with Crippen LogP contribution in [0.5, 0.6) is 0 Å². The number of carbonyl (C=O) groups excluding carboxylic acids is 1. The highest BCUT2D eigenvalue weighted by molar-refractivity contribution is 8.00. The van der Waals surface area contributed by atoms with Crippen LogP contribution in [0, 0.1) is 6.92 Å². The Bertz CT molecular complexity index is 877. The second kappa shape index (κ2) is 7.97. The fraction of sp³-hybridized carbons (Fsp3) is 0.316. The Labute approximate surface area is 156 Å². The number of hydrogen-bond acceptors (Lipinski definition) is 5. The molecule has 0 aliphatic carbocycles. The average molecular weight is 372 g/mol. The lowest BCUT2D eigenvalue weighted by Gasteiger charge is -2.20. The van der Waals surface area contributed by atoms with E-state index >= 15 is 0 Å². The SMILES string of the molecule is CCc1cc2c(SCC(=O)N(CC)c3ccccc3)nc(C)nc2s1. The molecule has 2 aromatic heterocycles. The molecule has 0 bridgehead atoms. The van der Waals surface area contributed by atoms with Gasteiger partial charge in [-0.2, -0.15) is 0 Å². The van der Waals surface area contributed by atoms with E-state index in [1.165, 1.54) is 16.6 Å². The largest absolute Gasteiger partial charge is 0.312 e. The van der Waals surface area contributed by atoms with Gasteiger partial charge in [-0.05, 0) is 38.5 Å². The van der Waals surface area contributed by atoms with Crippen LogP contribution in [0.3, 0.4) is 0 Å². The number of aryl methyl sites for hydroxylation is 2. The zero-order valence-corrected chi connectivity index (χ0v) is 16.3. The molecule has 25 heavy (non-hydrogen) atoms. The molecular weight excluding hydrogens is 350 g/mol. The second-order valence-electron chi connectivity index (χ2n) is 5.62. The van der Waals surface area contributed by atoms with Crippen LogP contribution < -0.4 is 4.90 Å². The van der Waals surface area contributed by atoms with Gasteiger partial charge in [0, 0.05) is 22.5 Å². The summed E-state index contributed by atoms with van der Waals surface area (Å²) >= 11 is 3.21. The van der Waals surface area contributed by atoms with Crippen molar-refractivity contribution in [3.8, 4) is 0 Å². The van der Waals surface area contributed by atoms with Gasteiger partial charge in [0.15, 0.2) is 0 Å². The number of fused-ring (bicyclic) bond motifs is 1. The third kappa shape index (κ3) is 4.02. The number of thiophene rings is 1. The lowest BCUT2D eigenvalue weighted by atomic mass is 10.3. The topological polar surface area (TPSA) is 46.1 Å². The van der Waals surface area contributed by atoms with Crippen LogP contribution in [0.15, 0.2) is 41.4 Å². The third-order valence-corrected chi connectivity index (χ3v) is 6.04. The zero-order valence-electron chi connectivity index (χ0n) is 14.7. The molecule has 130 valence electrons. The number of aromatic nitrogens is 2. The number of para-hydroxylation sites is 1. The molecule has 0 atom stereocenters. The molecule has 3 aromatic rings. The van der Waals surface area contributed by atoms with E-state index in [0.29, 0.717) is 12.3 Å². The van der Waals surface area contributed by atoms with Gasteiger partial charge in [-0.3, -0.25) is 4.79 Å². The molecule has 0 spiro atoms. The summed E-state index contributed by atoms with van der Waals surface area (Å²) in [5.41, 5.74) is 0.934. The predicted octanol–water partition coefficient (Wildman–Crippen LogP) is 4.71. The first-order valence-electron chi connectivity index (χ1n) is 8.37. The van der Waals surface area contributed by atoms with Crippen molar-refractivity contribution in [3.05, 3.63) is 47.1 Å². The lowest BCUT2D eigenvalue weighted by Crippen LogP contribution is -2.32. The van der Waals surface area contributed by atoms with Gasteiger partial charge in [-0.25, -0.2) is 9.97 Å². The van der Waals surface area contributed by atoms with Crippen molar-refractivity contribution in [2.45, 2.75) is 32.2 Å². The van der Waals surface area contributed by atoms with Crippen LogP contribution in [-0.4, -0.2) is 28.2 Å². The Kier molecular flexibility index (Phi) is 5.71. The van der Waals surface area contributed by atoms with Crippen molar-refractivity contribution < 1.29 is 4.79 Å². The minimum absolute atomic E-state index is 0.0917. The fourth-order valence-corrected chi connectivity index (χ4v) is 4.65. The van der Waals surface area contributed by atoms with Crippen molar-refractivity contribution in [1.29, 1.82) is 0 Å². The van der Waals surface area contributed by atoms with E-state index in [1.54, 1.807) is 11.3 Å². The zero-order chi connectivity index (χ0) is 17.8. The first kappa shape index (κ1) is 17.9. The monoisotopic (exact) mass is 371 g/mol. The molecule has 0 unspecified atom stereocenters.